The molecular weight excluding hydrogens is 205 g/mol. The summed E-state index contributed by atoms with van der Waals surface area (Å²) in [5, 5.41) is 9.06. The maximum absolute atomic E-state index is 12.4. The van der Waals surface area contributed by atoms with Crippen molar-refractivity contribution < 1.29 is 18.3 Å². The zero-order chi connectivity index (χ0) is 11.7. The number of hydrogen-bond acceptors (Lipinski definition) is 1. The molecule has 0 bridgehead atoms. The van der Waals surface area contributed by atoms with E-state index in [1.165, 1.54) is 6.07 Å². The predicted octanol–water partition coefficient (Wildman–Crippen LogP) is 2.98. The molecule has 0 saturated carbocycles. The first kappa shape index (κ1) is 12.0. The molecule has 0 aliphatic heterocycles. The van der Waals surface area contributed by atoms with Crippen LogP contribution in [0.3, 0.4) is 0 Å². The van der Waals surface area contributed by atoms with E-state index in [0.717, 1.165) is 12.1 Å². The molecule has 0 amide bonds. The Hall–Kier alpha value is -1.03. The number of hydrogen-bond donors (Lipinski definition) is 1. The number of alkyl halides is 3. The number of aliphatic hydroxyl groups excluding tert-OH is 1. The Morgan fingerprint density at radius 2 is 1.67 bits per heavy atom. The molecular formula is C11H13F3O. The average Bonchev–Trinajstić information content (AvgIpc) is 2.17. The van der Waals surface area contributed by atoms with Crippen molar-refractivity contribution in [3.8, 4) is 0 Å². The number of aliphatic hydroxyl groups is 1. The van der Waals surface area contributed by atoms with E-state index < -0.39 is 17.2 Å². The number of rotatable bonds is 2. The lowest BCUT2D eigenvalue weighted by Gasteiger charge is -2.23. The first-order chi connectivity index (χ1) is 6.77. The summed E-state index contributed by atoms with van der Waals surface area (Å²) in [6.45, 7) is 3.21. The van der Waals surface area contributed by atoms with Crippen molar-refractivity contribution in [2.24, 2.45) is 0 Å². The van der Waals surface area contributed by atoms with Gasteiger partial charge in [-0.1, -0.05) is 32.0 Å². The minimum Gasteiger partial charge on any atom is -0.395 e. The minimum absolute atomic E-state index is 0.186. The molecule has 84 valence electrons. The summed E-state index contributed by atoms with van der Waals surface area (Å²) in [5.74, 6) is 0. The van der Waals surface area contributed by atoms with E-state index in [4.69, 9.17) is 5.11 Å². The van der Waals surface area contributed by atoms with E-state index in [-0.39, 0.29) is 6.61 Å². The van der Waals surface area contributed by atoms with Gasteiger partial charge in [0.1, 0.15) is 0 Å². The summed E-state index contributed by atoms with van der Waals surface area (Å²) < 4.78 is 37.2. The number of halogens is 3. The molecule has 1 aromatic carbocycles. The standard InChI is InChI=1S/C11H13F3O/c1-10(2,7-15)8-4-3-5-9(6-8)11(12,13)14/h3-6,15H,7H2,1-2H3. The van der Waals surface area contributed by atoms with E-state index >= 15 is 0 Å². The molecule has 0 saturated heterocycles. The molecule has 0 heterocycles. The van der Waals surface area contributed by atoms with Crippen molar-refractivity contribution in [1.29, 1.82) is 0 Å². The molecule has 0 radical (unpaired) electrons. The third-order valence-electron chi connectivity index (χ3n) is 2.37. The van der Waals surface area contributed by atoms with Gasteiger partial charge in [-0.05, 0) is 11.6 Å². The van der Waals surface area contributed by atoms with E-state index in [9.17, 15) is 13.2 Å². The van der Waals surface area contributed by atoms with Gasteiger partial charge in [0.05, 0.1) is 12.2 Å². The predicted molar refractivity (Wildman–Crippen MR) is 51.6 cm³/mol. The van der Waals surface area contributed by atoms with Crippen LogP contribution in [0.4, 0.5) is 13.2 Å². The Bertz CT molecular complexity index is 342. The van der Waals surface area contributed by atoms with Crippen LogP contribution in [0.2, 0.25) is 0 Å². The summed E-state index contributed by atoms with van der Waals surface area (Å²) in [4.78, 5) is 0. The molecule has 1 N–H and O–H groups in total. The van der Waals surface area contributed by atoms with E-state index in [1.54, 1.807) is 19.9 Å². The normalized spacial score (nSPS) is 12.9. The van der Waals surface area contributed by atoms with Gasteiger partial charge in [0.25, 0.3) is 0 Å². The van der Waals surface area contributed by atoms with Crippen molar-refractivity contribution >= 4 is 0 Å². The van der Waals surface area contributed by atoms with Crippen LogP contribution in [0.1, 0.15) is 25.0 Å². The molecule has 0 atom stereocenters. The summed E-state index contributed by atoms with van der Waals surface area (Å²) in [7, 11) is 0. The second-order valence-corrected chi connectivity index (χ2v) is 4.12. The highest BCUT2D eigenvalue weighted by molar-refractivity contribution is 5.30. The fourth-order valence-electron chi connectivity index (χ4n) is 1.21. The SMILES string of the molecule is CC(C)(CO)c1cccc(C(F)(F)F)c1. The maximum atomic E-state index is 12.4. The quantitative estimate of drug-likeness (QED) is 0.809. The van der Waals surface area contributed by atoms with Crippen molar-refractivity contribution in [2.75, 3.05) is 6.61 Å². The largest absolute Gasteiger partial charge is 0.416 e. The lowest BCUT2D eigenvalue weighted by atomic mass is 9.85. The van der Waals surface area contributed by atoms with Crippen LogP contribution in [0.15, 0.2) is 24.3 Å². The molecule has 1 nitrogen and oxygen atoms in total. The van der Waals surface area contributed by atoms with Crippen LogP contribution in [0, 0.1) is 0 Å². The van der Waals surface area contributed by atoms with Gasteiger partial charge in [0, 0.05) is 5.41 Å². The Balaban J connectivity index is 3.14. The monoisotopic (exact) mass is 218 g/mol. The van der Waals surface area contributed by atoms with Crippen LogP contribution < -0.4 is 0 Å². The number of benzene rings is 1. The van der Waals surface area contributed by atoms with Gasteiger partial charge in [-0.2, -0.15) is 13.2 Å². The minimum atomic E-state index is -4.33. The Morgan fingerprint density at radius 3 is 2.13 bits per heavy atom. The average molecular weight is 218 g/mol. The maximum Gasteiger partial charge on any atom is 0.416 e. The van der Waals surface area contributed by atoms with Gasteiger partial charge in [0.15, 0.2) is 0 Å². The van der Waals surface area contributed by atoms with Crippen molar-refractivity contribution in [3.63, 3.8) is 0 Å². The summed E-state index contributed by atoms with van der Waals surface area (Å²) in [6.07, 6.45) is -4.33. The molecule has 1 aromatic rings. The summed E-state index contributed by atoms with van der Waals surface area (Å²) in [5.41, 5.74) is -0.845. The fourth-order valence-corrected chi connectivity index (χ4v) is 1.21. The molecule has 0 aromatic heterocycles. The summed E-state index contributed by atoms with van der Waals surface area (Å²) >= 11 is 0. The lowest BCUT2D eigenvalue weighted by molar-refractivity contribution is -0.137. The summed E-state index contributed by atoms with van der Waals surface area (Å²) in [6, 6.07) is 5.05. The first-order valence-corrected chi connectivity index (χ1v) is 4.56. The van der Waals surface area contributed by atoms with Crippen LogP contribution >= 0.6 is 0 Å². The second kappa shape index (κ2) is 3.85. The first-order valence-electron chi connectivity index (χ1n) is 4.56. The van der Waals surface area contributed by atoms with Gasteiger partial charge in [0.2, 0.25) is 0 Å². The third-order valence-corrected chi connectivity index (χ3v) is 2.37. The van der Waals surface area contributed by atoms with Crippen LogP contribution in [0.5, 0.6) is 0 Å². The molecule has 0 aliphatic rings. The molecule has 0 unspecified atom stereocenters. The molecule has 0 fully saturated rings. The highest BCUT2D eigenvalue weighted by Gasteiger charge is 2.31. The molecule has 4 heteroatoms. The molecule has 0 aliphatic carbocycles. The molecule has 0 spiro atoms. The van der Waals surface area contributed by atoms with Gasteiger partial charge >= 0.3 is 6.18 Å². The van der Waals surface area contributed by atoms with Crippen molar-refractivity contribution in [1.82, 2.24) is 0 Å². The zero-order valence-corrected chi connectivity index (χ0v) is 8.60. The van der Waals surface area contributed by atoms with Gasteiger partial charge in [-0.25, -0.2) is 0 Å². The lowest BCUT2D eigenvalue weighted by Crippen LogP contribution is -2.22. The highest BCUT2D eigenvalue weighted by atomic mass is 19.4. The Morgan fingerprint density at radius 1 is 1.13 bits per heavy atom. The van der Waals surface area contributed by atoms with Gasteiger partial charge in [-0.3, -0.25) is 0 Å². The second-order valence-electron chi connectivity index (χ2n) is 4.12. The van der Waals surface area contributed by atoms with Crippen LogP contribution in [-0.2, 0) is 11.6 Å². The highest BCUT2D eigenvalue weighted by Crippen LogP contribution is 2.32. The van der Waals surface area contributed by atoms with Crippen molar-refractivity contribution in [2.45, 2.75) is 25.4 Å². The van der Waals surface area contributed by atoms with Crippen LogP contribution in [-0.4, -0.2) is 11.7 Å². The van der Waals surface area contributed by atoms with Gasteiger partial charge < -0.3 is 5.11 Å². The fraction of sp³-hybridized carbons (Fsp3) is 0.455. The third kappa shape index (κ3) is 2.72. The van der Waals surface area contributed by atoms with Gasteiger partial charge in [-0.15, -0.1) is 0 Å². The van der Waals surface area contributed by atoms with Crippen LogP contribution in [0.25, 0.3) is 0 Å². The Labute approximate surface area is 86.5 Å². The molecule has 15 heavy (non-hydrogen) atoms. The van der Waals surface area contributed by atoms with E-state index in [1.807, 2.05) is 0 Å². The van der Waals surface area contributed by atoms with Crippen molar-refractivity contribution in [3.05, 3.63) is 35.4 Å². The van der Waals surface area contributed by atoms with E-state index in [0.29, 0.717) is 5.56 Å². The topological polar surface area (TPSA) is 20.2 Å². The van der Waals surface area contributed by atoms with E-state index in [2.05, 4.69) is 0 Å². The Kier molecular flexibility index (Phi) is 3.09. The molecule has 1 rings (SSSR count). The zero-order valence-electron chi connectivity index (χ0n) is 8.60. The smallest absolute Gasteiger partial charge is 0.395 e.